The summed E-state index contributed by atoms with van der Waals surface area (Å²) in [5.41, 5.74) is 8.23. The van der Waals surface area contributed by atoms with Crippen LogP contribution in [0.15, 0.2) is 28.8 Å². The second-order valence-corrected chi connectivity index (χ2v) is 6.15. The lowest BCUT2D eigenvalue weighted by Gasteiger charge is -2.33. The molecule has 106 valence electrons. The van der Waals surface area contributed by atoms with Crippen molar-refractivity contribution in [2.24, 2.45) is 11.7 Å². The Morgan fingerprint density at radius 3 is 2.75 bits per heavy atom. The second kappa shape index (κ2) is 5.02. The van der Waals surface area contributed by atoms with Crippen LogP contribution in [0, 0.1) is 12.8 Å². The van der Waals surface area contributed by atoms with Gasteiger partial charge in [0.15, 0.2) is 0 Å². The lowest BCUT2D eigenvalue weighted by atomic mass is 9.77. The molecule has 0 aliphatic heterocycles. The molecule has 2 unspecified atom stereocenters. The third kappa shape index (κ3) is 2.48. The van der Waals surface area contributed by atoms with E-state index in [2.05, 4.69) is 24.0 Å². The predicted octanol–water partition coefficient (Wildman–Crippen LogP) is 3.41. The molecule has 1 aliphatic rings. The quantitative estimate of drug-likeness (QED) is 0.909. The largest absolute Gasteiger partial charge is 0.337 e. The molecule has 2 N–H and O–H groups in total. The normalized spacial score (nSPS) is 26.6. The van der Waals surface area contributed by atoms with Crippen LogP contribution < -0.4 is 5.73 Å². The molecular weight excluding hydrogens is 250 g/mol. The Hall–Kier alpha value is -1.68. The highest BCUT2D eigenvalue weighted by molar-refractivity contribution is 5.54. The van der Waals surface area contributed by atoms with E-state index in [1.165, 1.54) is 12.0 Å². The van der Waals surface area contributed by atoms with Crippen LogP contribution in [0.25, 0.3) is 11.4 Å². The third-order valence-corrected chi connectivity index (χ3v) is 4.19. The molecule has 1 aliphatic carbocycles. The standard InChI is InChI=1S/C16H21N3O/c1-11-5-7-13(8-6-11)14-18-15(20-19-14)16(17)9-3-4-12(2)10-16/h5-8,12H,3-4,9-10,17H2,1-2H3. The topological polar surface area (TPSA) is 64.9 Å². The molecular formula is C16H21N3O. The van der Waals surface area contributed by atoms with Crippen LogP contribution in [-0.4, -0.2) is 10.1 Å². The van der Waals surface area contributed by atoms with Crippen molar-refractivity contribution in [3.05, 3.63) is 35.7 Å². The van der Waals surface area contributed by atoms with Gasteiger partial charge in [-0.05, 0) is 25.7 Å². The maximum atomic E-state index is 6.49. The first-order chi connectivity index (χ1) is 9.57. The summed E-state index contributed by atoms with van der Waals surface area (Å²) < 4.78 is 5.45. The molecule has 1 aromatic carbocycles. The molecule has 1 aromatic heterocycles. The summed E-state index contributed by atoms with van der Waals surface area (Å²) in [5.74, 6) is 1.83. The van der Waals surface area contributed by atoms with Gasteiger partial charge in [0.2, 0.25) is 11.7 Å². The van der Waals surface area contributed by atoms with Crippen molar-refractivity contribution in [2.45, 2.75) is 45.1 Å². The molecule has 0 amide bonds. The van der Waals surface area contributed by atoms with E-state index < -0.39 is 5.54 Å². The Balaban J connectivity index is 1.88. The lowest BCUT2D eigenvalue weighted by Crippen LogP contribution is -2.41. The van der Waals surface area contributed by atoms with Crippen molar-refractivity contribution in [3.63, 3.8) is 0 Å². The number of aromatic nitrogens is 2. The number of hydrogen-bond donors (Lipinski definition) is 1. The van der Waals surface area contributed by atoms with Gasteiger partial charge in [0.1, 0.15) is 0 Å². The van der Waals surface area contributed by atoms with E-state index in [-0.39, 0.29) is 0 Å². The summed E-state index contributed by atoms with van der Waals surface area (Å²) in [7, 11) is 0. The first-order valence-electron chi connectivity index (χ1n) is 7.27. The molecule has 1 saturated carbocycles. The van der Waals surface area contributed by atoms with Crippen LogP contribution in [-0.2, 0) is 5.54 Å². The molecule has 0 radical (unpaired) electrons. The van der Waals surface area contributed by atoms with Crippen LogP contribution in [0.4, 0.5) is 0 Å². The van der Waals surface area contributed by atoms with Crippen LogP contribution in [0.3, 0.4) is 0 Å². The minimum atomic E-state index is -0.451. The third-order valence-electron chi connectivity index (χ3n) is 4.19. The van der Waals surface area contributed by atoms with Crippen molar-refractivity contribution in [1.29, 1.82) is 0 Å². The fraction of sp³-hybridized carbons (Fsp3) is 0.500. The molecule has 1 heterocycles. The molecule has 0 saturated heterocycles. The fourth-order valence-electron chi connectivity index (χ4n) is 3.03. The van der Waals surface area contributed by atoms with Gasteiger partial charge in [0, 0.05) is 5.56 Å². The first kappa shape index (κ1) is 13.3. The van der Waals surface area contributed by atoms with Crippen molar-refractivity contribution < 1.29 is 4.52 Å². The lowest BCUT2D eigenvalue weighted by molar-refractivity contribution is 0.183. The van der Waals surface area contributed by atoms with Gasteiger partial charge < -0.3 is 10.3 Å². The van der Waals surface area contributed by atoms with E-state index in [1.54, 1.807) is 0 Å². The zero-order valence-electron chi connectivity index (χ0n) is 12.1. The summed E-state index contributed by atoms with van der Waals surface area (Å²) in [6, 6.07) is 8.12. The smallest absolute Gasteiger partial charge is 0.247 e. The van der Waals surface area contributed by atoms with Gasteiger partial charge in [-0.25, -0.2) is 0 Å². The van der Waals surface area contributed by atoms with Crippen LogP contribution >= 0.6 is 0 Å². The van der Waals surface area contributed by atoms with E-state index >= 15 is 0 Å². The van der Waals surface area contributed by atoms with Crippen molar-refractivity contribution in [3.8, 4) is 11.4 Å². The minimum Gasteiger partial charge on any atom is -0.337 e. The zero-order valence-corrected chi connectivity index (χ0v) is 12.1. The highest BCUT2D eigenvalue weighted by Gasteiger charge is 2.37. The van der Waals surface area contributed by atoms with E-state index in [9.17, 15) is 0 Å². The average molecular weight is 271 g/mol. The van der Waals surface area contributed by atoms with Crippen molar-refractivity contribution >= 4 is 0 Å². The molecule has 0 bridgehead atoms. The van der Waals surface area contributed by atoms with Crippen LogP contribution in [0.5, 0.6) is 0 Å². The SMILES string of the molecule is Cc1ccc(-c2noc(C3(N)CCCC(C)C3)n2)cc1. The van der Waals surface area contributed by atoms with Gasteiger partial charge >= 0.3 is 0 Å². The minimum absolute atomic E-state index is 0.451. The predicted molar refractivity (Wildman–Crippen MR) is 78.0 cm³/mol. The Morgan fingerprint density at radius 2 is 2.05 bits per heavy atom. The molecule has 4 nitrogen and oxygen atoms in total. The number of benzene rings is 1. The van der Waals surface area contributed by atoms with Gasteiger partial charge in [0.05, 0.1) is 5.54 Å². The number of nitrogens with two attached hydrogens (primary N) is 1. The van der Waals surface area contributed by atoms with E-state index in [0.29, 0.717) is 17.6 Å². The van der Waals surface area contributed by atoms with Gasteiger partial charge in [-0.2, -0.15) is 4.98 Å². The first-order valence-corrected chi connectivity index (χ1v) is 7.27. The Labute approximate surface area is 119 Å². The summed E-state index contributed by atoms with van der Waals surface area (Å²) >= 11 is 0. The molecule has 0 spiro atoms. The maximum Gasteiger partial charge on any atom is 0.247 e. The number of nitrogens with zero attached hydrogens (tertiary/aromatic N) is 2. The molecule has 2 atom stereocenters. The summed E-state index contributed by atoms with van der Waals surface area (Å²) in [6.45, 7) is 4.29. The Morgan fingerprint density at radius 1 is 1.30 bits per heavy atom. The summed E-state index contributed by atoms with van der Waals surface area (Å²) in [5, 5.41) is 4.10. The average Bonchev–Trinajstić information content (AvgIpc) is 2.90. The Kier molecular flexibility index (Phi) is 3.34. The summed E-state index contributed by atoms with van der Waals surface area (Å²) in [4.78, 5) is 4.54. The number of rotatable bonds is 2. The van der Waals surface area contributed by atoms with Crippen LogP contribution in [0.2, 0.25) is 0 Å². The van der Waals surface area contributed by atoms with E-state index in [0.717, 1.165) is 24.8 Å². The van der Waals surface area contributed by atoms with Crippen molar-refractivity contribution in [2.75, 3.05) is 0 Å². The van der Waals surface area contributed by atoms with Crippen molar-refractivity contribution in [1.82, 2.24) is 10.1 Å². The van der Waals surface area contributed by atoms with Gasteiger partial charge in [0.25, 0.3) is 0 Å². The van der Waals surface area contributed by atoms with E-state index in [1.807, 2.05) is 24.3 Å². The zero-order chi connectivity index (χ0) is 14.2. The number of hydrogen-bond acceptors (Lipinski definition) is 4. The highest BCUT2D eigenvalue weighted by Crippen LogP contribution is 2.37. The summed E-state index contributed by atoms with van der Waals surface area (Å²) in [6.07, 6.45) is 4.20. The van der Waals surface area contributed by atoms with Gasteiger partial charge in [-0.3, -0.25) is 0 Å². The highest BCUT2D eigenvalue weighted by atomic mass is 16.5. The van der Waals surface area contributed by atoms with Gasteiger partial charge in [-0.15, -0.1) is 0 Å². The molecule has 4 heteroatoms. The molecule has 1 fully saturated rings. The molecule has 20 heavy (non-hydrogen) atoms. The van der Waals surface area contributed by atoms with Crippen LogP contribution in [0.1, 0.15) is 44.1 Å². The Bertz CT molecular complexity index is 590. The number of aryl methyl sites for hydroxylation is 1. The molecule has 3 rings (SSSR count). The molecule has 2 aromatic rings. The maximum absolute atomic E-state index is 6.49. The second-order valence-electron chi connectivity index (χ2n) is 6.15. The fourth-order valence-corrected chi connectivity index (χ4v) is 3.03. The van der Waals surface area contributed by atoms with E-state index in [4.69, 9.17) is 10.3 Å². The van der Waals surface area contributed by atoms with Gasteiger partial charge in [-0.1, -0.05) is 54.8 Å². The monoisotopic (exact) mass is 271 g/mol.